The molecular weight excluding hydrogens is 460 g/mol. The molecule has 2 aromatic heterocycles. The van der Waals surface area contributed by atoms with E-state index in [0.29, 0.717) is 5.16 Å². The normalized spacial score (nSPS) is 11.2. The molecule has 0 saturated heterocycles. The third-order valence-corrected chi connectivity index (χ3v) is 6.93. The minimum Gasteiger partial charge on any atom is -0.508 e. The molecule has 0 amide bonds. The molecule has 0 aliphatic rings. The maximum atomic E-state index is 13.4. The average Bonchev–Trinajstić information content (AvgIpc) is 3.14. The van der Waals surface area contributed by atoms with Crippen LogP contribution in [-0.4, -0.2) is 19.6 Å². The number of aromatic hydroxyl groups is 1. The van der Waals surface area contributed by atoms with Crippen LogP contribution >= 0.6 is 23.5 Å². The van der Waals surface area contributed by atoms with Gasteiger partial charge in [0.15, 0.2) is 5.16 Å². The van der Waals surface area contributed by atoms with Crippen molar-refractivity contribution in [2.45, 2.75) is 20.0 Å². The number of benzene rings is 3. The Hall–Kier alpha value is -3.36. The minimum absolute atomic E-state index is 0.197. The van der Waals surface area contributed by atoms with Gasteiger partial charge in [-0.2, -0.15) is 0 Å². The predicted molar refractivity (Wildman–Crippen MR) is 127 cm³/mol. The molecular formula is C25H17F2N3OS2. The maximum Gasteiger partial charge on any atom is 0.195 e. The van der Waals surface area contributed by atoms with Crippen LogP contribution in [-0.2, 0) is 7.05 Å². The molecule has 0 bridgehead atoms. The lowest BCUT2D eigenvalue weighted by Crippen LogP contribution is -1.97. The zero-order valence-corrected chi connectivity index (χ0v) is 19.0. The van der Waals surface area contributed by atoms with Crippen molar-refractivity contribution in [2.24, 2.45) is 7.05 Å². The number of phenols is 1. The van der Waals surface area contributed by atoms with E-state index in [-0.39, 0.29) is 17.4 Å². The van der Waals surface area contributed by atoms with E-state index in [1.807, 2.05) is 29.8 Å². The summed E-state index contributed by atoms with van der Waals surface area (Å²) in [6.45, 7) is 0. The quantitative estimate of drug-likeness (QED) is 0.220. The zero-order valence-electron chi connectivity index (χ0n) is 17.4. The Morgan fingerprint density at radius 1 is 0.758 bits per heavy atom. The van der Waals surface area contributed by atoms with E-state index < -0.39 is 0 Å². The fourth-order valence-corrected chi connectivity index (χ4v) is 5.10. The number of halogens is 2. The fourth-order valence-electron chi connectivity index (χ4n) is 3.40. The molecule has 0 spiro atoms. The monoisotopic (exact) mass is 477 g/mol. The summed E-state index contributed by atoms with van der Waals surface area (Å²) in [5, 5.41) is 11.8. The first-order valence-corrected chi connectivity index (χ1v) is 11.6. The van der Waals surface area contributed by atoms with Gasteiger partial charge in [0.1, 0.15) is 28.1 Å². The van der Waals surface area contributed by atoms with E-state index in [2.05, 4.69) is 0 Å². The van der Waals surface area contributed by atoms with Gasteiger partial charge in [0.25, 0.3) is 0 Å². The van der Waals surface area contributed by atoms with E-state index in [9.17, 15) is 13.9 Å². The first-order chi connectivity index (χ1) is 16.0. The molecule has 33 heavy (non-hydrogen) atoms. The number of rotatable bonds is 5. The number of aryl methyl sites for hydroxylation is 1. The van der Waals surface area contributed by atoms with Gasteiger partial charge >= 0.3 is 0 Å². The standard InChI is InChI=1S/C25H17F2N3OS2/c1-30-22(15-2-8-18(31)9-3-15)14-21-23(30)28-25(33-20-12-6-17(27)7-13-20)29-24(21)32-19-10-4-16(26)5-11-19/h2-14,31H,1H3. The second-order valence-corrected chi connectivity index (χ2v) is 9.40. The summed E-state index contributed by atoms with van der Waals surface area (Å²) in [6.07, 6.45) is 0. The van der Waals surface area contributed by atoms with E-state index >= 15 is 0 Å². The molecule has 0 fully saturated rings. The van der Waals surface area contributed by atoms with Crippen LogP contribution < -0.4 is 0 Å². The van der Waals surface area contributed by atoms with Gasteiger partial charge in [0.05, 0.1) is 11.1 Å². The van der Waals surface area contributed by atoms with Crippen molar-refractivity contribution in [3.63, 3.8) is 0 Å². The summed E-state index contributed by atoms with van der Waals surface area (Å²) < 4.78 is 28.7. The lowest BCUT2D eigenvalue weighted by atomic mass is 10.1. The van der Waals surface area contributed by atoms with Crippen LogP contribution in [0.5, 0.6) is 5.75 Å². The molecule has 3 aromatic carbocycles. The van der Waals surface area contributed by atoms with Gasteiger partial charge in [-0.25, -0.2) is 18.7 Å². The Kier molecular flexibility index (Phi) is 5.78. The Labute approximate surface area is 197 Å². The summed E-state index contributed by atoms with van der Waals surface area (Å²) in [7, 11) is 1.93. The molecule has 0 aliphatic heterocycles. The highest BCUT2D eigenvalue weighted by atomic mass is 32.2. The average molecular weight is 478 g/mol. The van der Waals surface area contributed by atoms with Gasteiger partial charge in [-0.3, -0.25) is 0 Å². The van der Waals surface area contributed by atoms with Crippen molar-refractivity contribution in [1.29, 1.82) is 0 Å². The lowest BCUT2D eigenvalue weighted by molar-refractivity contribution is 0.475. The summed E-state index contributed by atoms with van der Waals surface area (Å²) >= 11 is 2.77. The lowest BCUT2D eigenvalue weighted by Gasteiger charge is -2.08. The van der Waals surface area contributed by atoms with Crippen LogP contribution in [0.15, 0.2) is 98.8 Å². The Bertz CT molecular complexity index is 1430. The van der Waals surface area contributed by atoms with E-state index in [1.54, 1.807) is 36.4 Å². The van der Waals surface area contributed by atoms with Gasteiger partial charge in [0.2, 0.25) is 0 Å². The van der Waals surface area contributed by atoms with E-state index in [0.717, 1.165) is 37.1 Å². The first kappa shape index (κ1) is 21.5. The second-order valence-electron chi connectivity index (χ2n) is 7.30. The molecule has 0 aliphatic carbocycles. The SMILES string of the molecule is Cn1c(-c2ccc(O)cc2)cc2c(Sc3ccc(F)cc3)nc(Sc3ccc(F)cc3)nc21. The van der Waals surface area contributed by atoms with Gasteiger partial charge in [-0.1, -0.05) is 11.8 Å². The highest BCUT2D eigenvalue weighted by Gasteiger charge is 2.17. The van der Waals surface area contributed by atoms with Crippen molar-refractivity contribution in [1.82, 2.24) is 14.5 Å². The third-order valence-electron chi connectivity index (χ3n) is 5.04. The van der Waals surface area contributed by atoms with Crippen molar-refractivity contribution in [3.8, 4) is 17.0 Å². The summed E-state index contributed by atoms with van der Waals surface area (Å²) in [5.74, 6) is -0.402. The van der Waals surface area contributed by atoms with E-state index in [4.69, 9.17) is 9.97 Å². The molecule has 5 rings (SSSR count). The highest BCUT2D eigenvalue weighted by molar-refractivity contribution is 8.00. The first-order valence-electron chi connectivity index (χ1n) is 10.00. The molecule has 0 saturated carbocycles. The Morgan fingerprint density at radius 2 is 1.33 bits per heavy atom. The second kappa shape index (κ2) is 8.88. The van der Waals surface area contributed by atoms with Crippen molar-refractivity contribution < 1.29 is 13.9 Å². The predicted octanol–water partition coefficient (Wildman–Crippen LogP) is 6.92. The zero-order chi connectivity index (χ0) is 22.9. The number of hydrogen-bond acceptors (Lipinski definition) is 5. The van der Waals surface area contributed by atoms with Crippen molar-refractivity contribution in [3.05, 3.63) is 90.5 Å². The molecule has 0 atom stereocenters. The summed E-state index contributed by atoms with van der Waals surface area (Å²) in [5.41, 5.74) is 2.59. The number of fused-ring (bicyclic) bond motifs is 1. The van der Waals surface area contributed by atoms with Crippen molar-refractivity contribution >= 4 is 34.6 Å². The molecule has 8 heteroatoms. The maximum absolute atomic E-state index is 13.4. The van der Waals surface area contributed by atoms with Crippen LogP contribution in [0, 0.1) is 11.6 Å². The summed E-state index contributed by atoms with van der Waals surface area (Å²) in [6, 6.07) is 21.4. The number of aromatic nitrogens is 3. The van der Waals surface area contributed by atoms with Gasteiger partial charge in [-0.15, -0.1) is 0 Å². The molecule has 0 unspecified atom stereocenters. The van der Waals surface area contributed by atoms with E-state index in [1.165, 1.54) is 47.8 Å². The summed E-state index contributed by atoms with van der Waals surface area (Å²) in [4.78, 5) is 11.2. The Morgan fingerprint density at radius 3 is 1.94 bits per heavy atom. The van der Waals surface area contributed by atoms with Gasteiger partial charge < -0.3 is 9.67 Å². The smallest absolute Gasteiger partial charge is 0.195 e. The topological polar surface area (TPSA) is 50.9 Å². The largest absolute Gasteiger partial charge is 0.508 e. The van der Waals surface area contributed by atoms with Crippen LogP contribution in [0.1, 0.15) is 0 Å². The molecule has 5 aromatic rings. The Balaban J connectivity index is 1.63. The van der Waals surface area contributed by atoms with Crippen LogP contribution in [0.2, 0.25) is 0 Å². The molecule has 164 valence electrons. The number of nitrogens with zero attached hydrogens (tertiary/aromatic N) is 3. The molecule has 4 nitrogen and oxygen atoms in total. The number of phenolic OH excluding ortho intramolecular Hbond substituents is 1. The minimum atomic E-state index is -0.302. The fraction of sp³-hybridized carbons (Fsp3) is 0.0400. The van der Waals surface area contributed by atoms with Crippen molar-refractivity contribution in [2.75, 3.05) is 0 Å². The van der Waals surface area contributed by atoms with Gasteiger partial charge in [-0.05, 0) is 96.2 Å². The van der Waals surface area contributed by atoms with Crippen LogP contribution in [0.4, 0.5) is 8.78 Å². The highest BCUT2D eigenvalue weighted by Crippen LogP contribution is 2.38. The van der Waals surface area contributed by atoms with Gasteiger partial charge in [0, 0.05) is 16.8 Å². The molecule has 2 heterocycles. The molecule has 0 radical (unpaired) electrons. The number of hydrogen-bond donors (Lipinski definition) is 1. The third kappa shape index (κ3) is 4.58. The van der Waals surface area contributed by atoms with Crippen LogP contribution in [0.25, 0.3) is 22.3 Å². The van der Waals surface area contributed by atoms with Crippen LogP contribution in [0.3, 0.4) is 0 Å². The molecule has 1 N–H and O–H groups in total.